The molecule has 186 valence electrons. The van der Waals surface area contributed by atoms with E-state index in [4.69, 9.17) is 22.1 Å². The Bertz CT molecular complexity index is 1240. The fourth-order valence-electron chi connectivity index (χ4n) is 4.63. The fraction of sp³-hybridized carbons (Fsp3) is 0.455. The number of carbonyl (C=O) groups is 1. The van der Waals surface area contributed by atoms with Crippen molar-refractivity contribution < 1.29 is 23.4 Å². The number of imidazole rings is 1. The van der Waals surface area contributed by atoms with Crippen LogP contribution in [0.4, 0.5) is 26.4 Å². The van der Waals surface area contributed by atoms with Gasteiger partial charge in [0.15, 0.2) is 17.3 Å². The number of benzene rings is 1. The summed E-state index contributed by atoms with van der Waals surface area (Å²) < 4.78 is 36.1. The minimum atomic E-state index is -0.866. The van der Waals surface area contributed by atoms with E-state index >= 15 is 0 Å². The van der Waals surface area contributed by atoms with Crippen molar-refractivity contribution in [1.29, 1.82) is 0 Å². The van der Waals surface area contributed by atoms with Gasteiger partial charge in [-0.1, -0.05) is 11.6 Å². The number of nitrogens with zero attached hydrogens (tertiary/aromatic N) is 4. The Morgan fingerprint density at radius 2 is 1.89 bits per heavy atom. The highest BCUT2D eigenvalue weighted by Crippen LogP contribution is 2.37. The molecule has 2 fully saturated rings. The summed E-state index contributed by atoms with van der Waals surface area (Å²) in [5, 5.41) is 15.8. The van der Waals surface area contributed by atoms with Crippen molar-refractivity contribution >= 4 is 46.3 Å². The van der Waals surface area contributed by atoms with Gasteiger partial charge in [-0.3, -0.25) is 9.36 Å². The second-order valence-electron chi connectivity index (χ2n) is 8.84. The van der Waals surface area contributed by atoms with Gasteiger partial charge in [0, 0.05) is 17.0 Å². The number of halogens is 3. The lowest BCUT2D eigenvalue weighted by Gasteiger charge is -2.29. The lowest BCUT2D eigenvalue weighted by atomic mass is 9.85. The highest BCUT2D eigenvalue weighted by molar-refractivity contribution is 6.30. The van der Waals surface area contributed by atoms with Crippen LogP contribution in [0.25, 0.3) is 11.2 Å². The number of nitrogens with two attached hydrogens (primary N) is 1. The van der Waals surface area contributed by atoms with Crippen molar-refractivity contribution in [3.63, 3.8) is 0 Å². The molecule has 2 atom stereocenters. The topological polar surface area (TPSA) is 140 Å². The lowest BCUT2D eigenvalue weighted by molar-refractivity contribution is -0.122. The van der Waals surface area contributed by atoms with Gasteiger partial charge in [-0.25, -0.2) is 18.7 Å². The molecule has 0 radical (unpaired) electrons. The zero-order chi connectivity index (χ0) is 24.7. The lowest BCUT2D eigenvalue weighted by Crippen LogP contribution is -2.32. The van der Waals surface area contributed by atoms with Crippen molar-refractivity contribution in [3.05, 3.63) is 35.0 Å². The summed E-state index contributed by atoms with van der Waals surface area (Å²) in [4.78, 5) is 25.0. The maximum absolute atomic E-state index is 14.5. The van der Waals surface area contributed by atoms with E-state index in [1.807, 2.05) is 0 Å². The van der Waals surface area contributed by atoms with Crippen LogP contribution in [0, 0.1) is 17.6 Å². The molecular weight excluding hydrogens is 484 g/mol. The number of fused-ring (bicyclic) bond motifs is 1. The summed E-state index contributed by atoms with van der Waals surface area (Å²) in [7, 11) is 0. The summed E-state index contributed by atoms with van der Waals surface area (Å²) in [6.07, 6.45) is 3.15. The quantitative estimate of drug-likeness (QED) is 0.399. The van der Waals surface area contributed by atoms with E-state index in [2.05, 4.69) is 25.6 Å². The van der Waals surface area contributed by atoms with Crippen molar-refractivity contribution in [3.8, 4) is 0 Å². The van der Waals surface area contributed by atoms with Crippen molar-refractivity contribution in [1.82, 2.24) is 19.5 Å². The third-order valence-corrected chi connectivity index (χ3v) is 6.72. The van der Waals surface area contributed by atoms with Crippen LogP contribution in [0.15, 0.2) is 18.3 Å². The summed E-state index contributed by atoms with van der Waals surface area (Å²) in [5.41, 5.74) is 5.94. The Hall–Kier alpha value is -3.09. The van der Waals surface area contributed by atoms with E-state index in [1.54, 1.807) is 4.57 Å². The number of rotatable bonds is 6. The number of hydrogen-bond acceptors (Lipinski definition) is 8. The van der Waals surface area contributed by atoms with Crippen LogP contribution in [0.2, 0.25) is 5.02 Å². The standard InChI is InChI=1S/C22H24ClF2N7O3/c23-11-5-13(24)18(14(25)6-11)30-22-29-15-7-27-21(28-16-8-35-9-17(16)33)31-20(15)32(22)12-3-1-10(2-4-12)19(26)34/h5-7,10,12,16-17,33H,1-4,8-9H2,(H2,26,34)(H,29,30)(H,27,28,31)/t10-,12+,16-,17-/m1/s1. The Kier molecular flexibility index (Phi) is 6.43. The van der Waals surface area contributed by atoms with Crippen LogP contribution in [-0.2, 0) is 9.53 Å². The third kappa shape index (κ3) is 4.73. The molecular formula is C22H24ClF2N7O3. The van der Waals surface area contributed by atoms with E-state index in [0.717, 1.165) is 12.1 Å². The van der Waals surface area contributed by atoms with E-state index < -0.39 is 23.4 Å². The summed E-state index contributed by atoms with van der Waals surface area (Å²) in [6.45, 7) is 0.522. The molecule has 1 aliphatic carbocycles. The first-order chi connectivity index (χ1) is 16.8. The Morgan fingerprint density at radius 3 is 2.51 bits per heavy atom. The van der Waals surface area contributed by atoms with Crippen LogP contribution in [0.3, 0.4) is 0 Å². The Balaban J connectivity index is 1.54. The minimum Gasteiger partial charge on any atom is -0.388 e. The summed E-state index contributed by atoms with van der Waals surface area (Å²) in [6, 6.07) is 1.49. The van der Waals surface area contributed by atoms with Crippen LogP contribution in [-0.4, -0.2) is 55.9 Å². The number of amides is 1. The van der Waals surface area contributed by atoms with E-state index in [1.165, 1.54) is 6.20 Å². The van der Waals surface area contributed by atoms with E-state index in [-0.39, 0.29) is 47.4 Å². The molecule has 3 heterocycles. The highest BCUT2D eigenvalue weighted by atomic mass is 35.5. The van der Waals surface area contributed by atoms with E-state index in [9.17, 15) is 18.7 Å². The van der Waals surface area contributed by atoms with Gasteiger partial charge in [0.05, 0.1) is 31.6 Å². The zero-order valence-corrected chi connectivity index (χ0v) is 19.3. The molecule has 13 heteroatoms. The molecule has 1 aromatic carbocycles. The smallest absolute Gasteiger partial charge is 0.225 e. The van der Waals surface area contributed by atoms with Gasteiger partial charge in [-0.15, -0.1) is 0 Å². The first-order valence-electron chi connectivity index (χ1n) is 11.3. The van der Waals surface area contributed by atoms with Gasteiger partial charge in [-0.05, 0) is 37.8 Å². The number of nitrogens with one attached hydrogen (secondary N) is 2. The number of anilines is 3. The number of aliphatic hydroxyl groups is 1. The summed E-state index contributed by atoms with van der Waals surface area (Å²) in [5.74, 6) is -1.86. The molecule has 2 aliphatic rings. The molecule has 1 saturated heterocycles. The van der Waals surface area contributed by atoms with E-state index in [0.29, 0.717) is 43.5 Å². The monoisotopic (exact) mass is 507 g/mol. The normalized spacial score (nSPS) is 24.6. The average molecular weight is 508 g/mol. The number of aliphatic hydroxyl groups excluding tert-OH is 1. The molecule has 0 spiro atoms. The molecule has 35 heavy (non-hydrogen) atoms. The number of carbonyl (C=O) groups excluding carboxylic acids is 1. The largest absolute Gasteiger partial charge is 0.388 e. The number of primary amides is 1. The molecule has 0 bridgehead atoms. The average Bonchev–Trinajstić information content (AvgIpc) is 3.38. The second kappa shape index (κ2) is 9.51. The number of ether oxygens (including phenoxy) is 1. The summed E-state index contributed by atoms with van der Waals surface area (Å²) >= 11 is 5.76. The van der Waals surface area contributed by atoms with Gasteiger partial charge in [0.25, 0.3) is 0 Å². The first kappa shape index (κ1) is 23.6. The fourth-order valence-corrected chi connectivity index (χ4v) is 4.82. The molecule has 1 amide bonds. The SMILES string of the molecule is NC(=O)[C@H]1CC[C@@H](n2c(Nc3c(F)cc(Cl)cc3F)nc3cnc(N[C@@H]4COC[C@H]4O)nc32)CC1. The van der Waals surface area contributed by atoms with Crippen LogP contribution < -0.4 is 16.4 Å². The van der Waals surface area contributed by atoms with Gasteiger partial charge < -0.3 is 26.2 Å². The molecule has 0 unspecified atom stereocenters. The first-order valence-corrected chi connectivity index (χ1v) is 11.7. The molecule has 5 rings (SSSR count). The molecule has 1 saturated carbocycles. The van der Waals surface area contributed by atoms with Gasteiger partial charge >= 0.3 is 0 Å². The van der Waals surface area contributed by atoms with Crippen LogP contribution in [0.1, 0.15) is 31.7 Å². The van der Waals surface area contributed by atoms with Gasteiger partial charge in [0.1, 0.15) is 11.2 Å². The van der Waals surface area contributed by atoms with Crippen LogP contribution in [0.5, 0.6) is 0 Å². The molecule has 10 nitrogen and oxygen atoms in total. The van der Waals surface area contributed by atoms with Gasteiger partial charge in [-0.2, -0.15) is 4.98 Å². The van der Waals surface area contributed by atoms with Crippen molar-refractivity contribution in [2.45, 2.75) is 43.9 Å². The Labute approximate surface area is 203 Å². The maximum Gasteiger partial charge on any atom is 0.225 e. The molecule has 2 aromatic heterocycles. The minimum absolute atomic E-state index is 0.0662. The predicted octanol–water partition coefficient (Wildman–Crippen LogP) is 2.89. The molecule has 1 aliphatic heterocycles. The number of aromatic nitrogens is 4. The third-order valence-electron chi connectivity index (χ3n) is 6.51. The zero-order valence-electron chi connectivity index (χ0n) is 18.5. The second-order valence-corrected chi connectivity index (χ2v) is 9.28. The number of hydrogen-bond donors (Lipinski definition) is 4. The maximum atomic E-state index is 14.5. The Morgan fingerprint density at radius 1 is 1.17 bits per heavy atom. The van der Waals surface area contributed by atoms with Gasteiger partial charge in [0.2, 0.25) is 17.8 Å². The van der Waals surface area contributed by atoms with Crippen molar-refractivity contribution in [2.75, 3.05) is 23.8 Å². The highest BCUT2D eigenvalue weighted by Gasteiger charge is 2.31. The predicted molar refractivity (Wildman–Crippen MR) is 124 cm³/mol. The van der Waals surface area contributed by atoms with Crippen molar-refractivity contribution in [2.24, 2.45) is 11.7 Å². The molecule has 3 aromatic rings. The molecule has 5 N–H and O–H groups in total. The van der Waals surface area contributed by atoms with Crippen LogP contribution >= 0.6 is 11.6 Å².